The van der Waals surface area contributed by atoms with Crippen molar-refractivity contribution in [1.29, 1.82) is 0 Å². The summed E-state index contributed by atoms with van der Waals surface area (Å²) in [5.41, 5.74) is -0.268. The van der Waals surface area contributed by atoms with E-state index in [-0.39, 0.29) is 11.5 Å². The van der Waals surface area contributed by atoms with E-state index in [0.29, 0.717) is 0 Å². The number of ether oxygens (including phenoxy) is 1. The number of aryl methyl sites for hydroxylation is 1. The summed E-state index contributed by atoms with van der Waals surface area (Å²) in [7, 11) is 3.61. The second kappa shape index (κ2) is 3.28. The van der Waals surface area contributed by atoms with E-state index in [2.05, 4.69) is 4.98 Å². The number of imidazole rings is 1. The first-order valence-electron chi connectivity index (χ1n) is 4.96. The molecule has 0 aromatic carbocycles. The van der Waals surface area contributed by atoms with E-state index < -0.39 is 0 Å². The molecule has 1 saturated carbocycles. The van der Waals surface area contributed by atoms with Gasteiger partial charge in [0.1, 0.15) is 11.4 Å². The lowest BCUT2D eigenvalue weighted by Gasteiger charge is -2.26. The molecule has 78 valence electrons. The Kier molecular flexibility index (Phi) is 2.23. The zero-order valence-corrected chi connectivity index (χ0v) is 8.66. The summed E-state index contributed by atoms with van der Waals surface area (Å²) in [5, 5.41) is 9.32. The minimum atomic E-state index is -0.268. The highest BCUT2D eigenvalue weighted by Gasteiger charge is 2.39. The number of aromatic hydroxyl groups is 1. The fourth-order valence-electron chi connectivity index (χ4n) is 2.34. The quantitative estimate of drug-likeness (QED) is 0.780. The molecule has 2 rings (SSSR count). The van der Waals surface area contributed by atoms with Gasteiger partial charge in [0.15, 0.2) is 0 Å². The molecule has 4 nitrogen and oxygen atoms in total. The lowest BCUT2D eigenvalue weighted by molar-refractivity contribution is -0.0185. The molecule has 1 aliphatic carbocycles. The number of rotatable bonds is 2. The number of aromatic nitrogens is 2. The van der Waals surface area contributed by atoms with Crippen LogP contribution in [0.15, 0.2) is 6.20 Å². The molecule has 0 bridgehead atoms. The summed E-state index contributed by atoms with van der Waals surface area (Å²) in [6.45, 7) is 0. The summed E-state index contributed by atoms with van der Waals surface area (Å²) in [6, 6.07) is 0. The van der Waals surface area contributed by atoms with Crippen LogP contribution in [-0.4, -0.2) is 21.8 Å². The Hall–Kier alpha value is -1.03. The fraction of sp³-hybridized carbons (Fsp3) is 0.700. The van der Waals surface area contributed by atoms with E-state index in [4.69, 9.17) is 4.74 Å². The Morgan fingerprint density at radius 2 is 2.14 bits per heavy atom. The van der Waals surface area contributed by atoms with E-state index in [0.717, 1.165) is 18.7 Å². The van der Waals surface area contributed by atoms with E-state index in [1.54, 1.807) is 13.3 Å². The Balaban J connectivity index is 2.40. The van der Waals surface area contributed by atoms with Crippen LogP contribution in [0, 0.1) is 0 Å². The van der Waals surface area contributed by atoms with Crippen molar-refractivity contribution in [2.75, 3.05) is 7.11 Å². The standard InChI is InChI=1S/C10H16N2O2/c1-12-7-8(13)11-9(12)10(14-2)5-3-4-6-10/h7,13H,3-6H2,1-2H3. The molecule has 0 amide bonds. The van der Waals surface area contributed by atoms with Crippen LogP contribution in [0.4, 0.5) is 0 Å². The first-order chi connectivity index (χ1) is 6.68. The number of hydrogen-bond donors (Lipinski definition) is 1. The summed E-state index contributed by atoms with van der Waals surface area (Å²) in [4.78, 5) is 4.13. The minimum Gasteiger partial charge on any atom is -0.492 e. The molecule has 0 aliphatic heterocycles. The average molecular weight is 196 g/mol. The van der Waals surface area contributed by atoms with Gasteiger partial charge >= 0.3 is 0 Å². The maximum Gasteiger partial charge on any atom is 0.229 e. The topological polar surface area (TPSA) is 47.3 Å². The zero-order valence-electron chi connectivity index (χ0n) is 8.66. The van der Waals surface area contributed by atoms with Crippen molar-refractivity contribution in [2.24, 2.45) is 7.05 Å². The Bertz CT molecular complexity index is 327. The highest BCUT2D eigenvalue weighted by molar-refractivity contribution is 5.15. The third-order valence-electron chi connectivity index (χ3n) is 3.07. The van der Waals surface area contributed by atoms with E-state index in [9.17, 15) is 5.11 Å². The van der Waals surface area contributed by atoms with Gasteiger partial charge < -0.3 is 14.4 Å². The Labute approximate surface area is 83.5 Å². The number of hydrogen-bond acceptors (Lipinski definition) is 3. The monoisotopic (exact) mass is 196 g/mol. The lowest BCUT2D eigenvalue weighted by Crippen LogP contribution is -2.28. The van der Waals surface area contributed by atoms with Gasteiger partial charge in [0.2, 0.25) is 5.88 Å². The highest BCUT2D eigenvalue weighted by Crippen LogP contribution is 2.41. The van der Waals surface area contributed by atoms with Gasteiger partial charge in [0.05, 0.1) is 6.20 Å². The molecule has 1 N–H and O–H groups in total. The Morgan fingerprint density at radius 3 is 2.57 bits per heavy atom. The lowest BCUT2D eigenvalue weighted by atomic mass is 10.0. The van der Waals surface area contributed by atoms with Crippen LogP contribution in [0.5, 0.6) is 5.88 Å². The summed E-state index contributed by atoms with van der Waals surface area (Å²) in [5.74, 6) is 0.917. The summed E-state index contributed by atoms with van der Waals surface area (Å²) >= 11 is 0. The maximum atomic E-state index is 9.32. The first-order valence-corrected chi connectivity index (χ1v) is 4.96. The van der Waals surface area contributed by atoms with E-state index in [1.165, 1.54) is 12.8 Å². The molecule has 0 saturated heterocycles. The van der Waals surface area contributed by atoms with Crippen LogP contribution in [0.2, 0.25) is 0 Å². The zero-order chi connectivity index (χ0) is 10.2. The van der Waals surface area contributed by atoms with Crippen molar-refractivity contribution in [1.82, 2.24) is 9.55 Å². The van der Waals surface area contributed by atoms with E-state index >= 15 is 0 Å². The number of nitrogens with zero attached hydrogens (tertiary/aromatic N) is 2. The number of methoxy groups -OCH3 is 1. The molecule has 1 aromatic rings. The van der Waals surface area contributed by atoms with Crippen molar-refractivity contribution < 1.29 is 9.84 Å². The normalized spacial score (nSPS) is 20.1. The third-order valence-corrected chi connectivity index (χ3v) is 3.07. The van der Waals surface area contributed by atoms with Crippen LogP contribution < -0.4 is 0 Å². The van der Waals surface area contributed by atoms with Gasteiger partial charge in [-0.2, -0.15) is 4.98 Å². The predicted octanol–water partition coefficient (Wildman–Crippen LogP) is 1.54. The molecule has 1 heterocycles. The largest absolute Gasteiger partial charge is 0.492 e. The van der Waals surface area contributed by atoms with Crippen LogP contribution in [0.1, 0.15) is 31.5 Å². The van der Waals surface area contributed by atoms with Crippen molar-refractivity contribution in [2.45, 2.75) is 31.3 Å². The maximum absolute atomic E-state index is 9.32. The molecule has 1 aromatic heterocycles. The second-order valence-corrected chi connectivity index (χ2v) is 3.94. The molecule has 0 radical (unpaired) electrons. The third kappa shape index (κ3) is 1.30. The van der Waals surface area contributed by atoms with Crippen LogP contribution >= 0.6 is 0 Å². The van der Waals surface area contributed by atoms with Gasteiger partial charge in [-0.15, -0.1) is 0 Å². The van der Waals surface area contributed by atoms with E-state index in [1.807, 2.05) is 11.6 Å². The van der Waals surface area contributed by atoms with Crippen LogP contribution in [0.3, 0.4) is 0 Å². The van der Waals surface area contributed by atoms with Gasteiger partial charge in [-0.1, -0.05) is 0 Å². The first kappa shape index (κ1) is 9.52. The molecule has 0 unspecified atom stereocenters. The molecule has 1 aliphatic rings. The van der Waals surface area contributed by atoms with Crippen LogP contribution in [-0.2, 0) is 17.4 Å². The predicted molar refractivity (Wildman–Crippen MR) is 52.0 cm³/mol. The van der Waals surface area contributed by atoms with Gasteiger partial charge in [-0.25, -0.2) is 0 Å². The summed E-state index contributed by atoms with van der Waals surface area (Å²) in [6.07, 6.45) is 5.94. The van der Waals surface area contributed by atoms with Crippen LogP contribution in [0.25, 0.3) is 0 Å². The molecule has 1 fully saturated rings. The fourth-order valence-corrected chi connectivity index (χ4v) is 2.34. The van der Waals surface area contributed by atoms with Crippen molar-refractivity contribution in [3.8, 4) is 5.88 Å². The summed E-state index contributed by atoms with van der Waals surface area (Å²) < 4.78 is 7.44. The molecule has 4 heteroatoms. The molecular weight excluding hydrogens is 180 g/mol. The van der Waals surface area contributed by atoms with Gasteiger partial charge in [-0.05, 0) is 25.7 Å². The molecule has 0 atom stereocenters. The Morgan fingerprint density at radius 1 is 1.50 bits per heavy atom. The van der Waals surface area contributed by atoms with Crippen molar-refractivity contribution >= 4 is 0 Å². The van der Waals surface area contributed by atoms with Gasteiger partial charge in [-0.3, -0.25) is 0 Å². The second-order valence-electron chi connectivity index (χ2n) is 3.94. The molecule has 14 heavy (non-hydrogen) atoms. The smallest absolute Gasteiger partial charge is 0.229 e. The SMILES string of the molecule is COC1(c2nc(O)cn2C)CCCC1. The minimum absolute atomic E-state index is 0.0748. The molecule has 0 spiro atoms. The molecular formula is C10H16N2O2. The van der Waals surface area contributed by atoms with Gasteiger partial charge in [0.25, 0.3) is 0 Å². The van der Waals surface area contributed by atoms with Crippen molar-refractivity contribution in [3.63, 3.8) is 0 Å². The van der Waals surface area contributed by atoms with Gasteiger partial charge in [0, 0.05) is 14.2 Å². The van der Waals surface area contributed by atoms with Crippen molar-refractivity contribution in [3.05, 3.63) is 12.0 Å². The average Bonchev–Trinajstić information content (AvgIpc) is 2.73. The highest BCUT2D eigenvalue weighted by atomic mass is 16.5.